The van der Waals surface area contributed by atoms with Crippen molar-refractivity contribution in [2.45, 2.75) is 6.18 Å². The van der Waals surface area contributed by atoms with E-state index >= 15 is 0 Å². The third-order valence-corrected chi connectivity index (χ3v) is 3.08. The molecule has 0 saturated heterocycles. The lowest BCUT2D eigenvalue weighted by Crippen LogP contribution is -2.29. The molecule has 3 N–H and O–H groups in total. The van der Waals surface area contributed by atoms with E-state index in [-0.39, 0.29) is 6.07 Å². The maximum Gasteiger partial charge on any atom is 0.423 e. The summed E-state index contributed by atoms with van der Waals surface area (Å²) in [6.45, 7) is 0. The highest BCUT2D eigenvalue weighted by Crippen LogP contribution is 2.38. The Morgan fingerprint density at radius 3 is 2.36 bits per heavy atom. The summed E-state index contributed by atoms with van der Waals surface area (Å²) >= 11 is 0. The van der Waals surface area contributed by atoms with Crippen molar-refractivity contribution in [3.05, 3.63) is 33.4 Å². The van der Waals surface area contributed by atoms with Gasteiger partial charge in [-0.1, -0.05) is 0 Å². The third kappa shape index (κ3) is 4.31. The normalized spacial score (nSPS) is 12.0. The second-order valence-electron chi connectivity index (χ2n) is 4.29. The van der Waals surface area contributed by atoms with Gasteiger partial charge in [0.1, 0.15) is 11.4 Å². The van der Waals surface area contributed by atoms with Crippen molar-refractivity contribution in [2.24, 2.45) is 0 Å². The maximum atomic E-state index is 12.7. The van der Waals surface area contributed by atoms with Crippen molar-refractivity contribution in [3.63, 3.8) is 0 Å². The Morgan fingerprint density at radius 1 is 1.41 bits per heavy atom. The van der Waals surface area contributed by atoms with Gasteiger partial charge in [0.05, 0.1) is 10.5 Å². The molecular weight excluding hydrogens is 331 g/mol. The number of carbonyl (C=O) groups is 1. The van der Waals surface area contributed by atoms with Crippen molar-refractivity contribution >= 4 is 27.1 Å². The largest absolute Gasteiger partial charge is 0.423 e. The van der Waals surface area contributed by atoms with Gasteiger partial charge in [-0.05, 0) is 6.07 Å². The number of rotatable bonds is 4. The first-order valence-electron chi connectivity index (χ1n) is 5.44. The van der Waals surface area contributed by atoms with Gasteiger partial charge in [0.2, 0.25) is 0 Å². The number of nitro benzene ring substituents is 1. The molecule has 0 bridgehead atoms. The van der Waals surface area contributed by atoms with Crippen LogP contribution in [0, 0.1) is 10.1 Å². The van der Waals surface area contributed by atoms with Gasteiger partial charge in [-0.25, -0.2) is 8.42 Å². The molecule has 0 aliphatic heterocycles. The van der Waals surface area contributed by atoms with Crippen LogP contribution >= 0.6 is 0 Å². The molecule has 122 valence electrons. The molecule has 0 heterocycles. The van der Waals surface area contributed by atoms with Gasteiger partial charge in [-0.3, -0.25) is 14.9 Å². The molecule has 1 aromatic rings. The number of halogens is 3. The van der Waals surface area contributed by atoms with Gasteiger partial charge in [0.15, 0.2) is 9.84 Å². The highest BCUT2D eigenvalue weighted by atomic mass is 32.2. The van der Waals surface area contributed by atoms with Crippen molar-refractivity contribution < 1.29 is 31.3 Å². The second-order valence-corrected chi connectivity index (χ2v) is 6.43. The molecule has 12 heteroatoms. The Bertz CT molecular complexity index is 730. The minimum atomic E-state index is -5.03. The molecule has 0 aliphatic rings. The van der Waals surface area contributed by atoms with E-state index in [1.54, 1.807) is 0 Å². The van der Waals surface area contributed by atoms with Gasteiger partial charge in [0.25, 0.3) is 11.6 Å². The summed E-state index contributed by atoms with van der Waals surface area (Å²) in [6, 6.07) is 0.614. The average Bonchev–Trinajstić information content (AvgIpc) is 2.33. The first kappa shape index (κ1) is 17.7. The van der Waals surface area contributed by atoms with Crippen LogP contribution in [0.3, 0.4) is 0 Å². The molecule has 0 spiro atoms. The lowest BCUT2D eigenvalue weighted by Gasteiger charge is -2.11. The second kappa shape index (κ2) is 5.79. The number of hydrogen-bond donors (Lipinski definition) is 2. The molecule has 0 unspecified atom stereocenters. The Morgan fingerprint density at radius 2 is 1.95 bits per heavy atom. The van der Waals surface area contributed by atoms with Crippen LogP contribution in [-0.4, -0.2) is 31.4 Å². The van der Waals surface area contributed by atoms with Crippen molar-refractivity contribution in [1.82, 2.24) is 5.32 Å². The standard InChI is InChI=1S/C10H10F3N3O5S/c1-22(20,21)4-15-9(17)5-2-8(16(18)19)6(3-7(5)14)10(11,12)13/h2-3H,4,14H2,1H3,(H,15,17). The van der Waals surface area contributed by atoms with Gasteiger partial charge >= 0.3 is 6.18 Å². The van der Waals surface area contributed by atoms with Crippen molar-refractivity contribution in [2.75, 3.05) is 17.9 Å². The van der Waals surface area contributed by atoms with E-state index in [4.69, 9.17) is 5.73 Å². The van der Waals surface area contributed by atoms with E-state index in [0.717, 1.165) is 6.26 Å². The van der Waals surface area contributed by atoms with Crippen LogP contribution in [0.1, 0.15) is 15.9 Å². The quantitative estimate of drug-likeness (QED) is 0.475. The molecule has 0 aliphatic carbocycles. The molecule has 1 rings (SSSR count). The highest BCUT2D eigenvalue weighted by Gasteiger charge is 2.39. The molecule has 1 amide bonds. The van der Waals surface area contributed by atoms with Gasteiger partial charge in [0, 0.05) is 18.0 Å². The highest BCUT2D eigenvalue weighted by molar-refractivity contribution is 7.90. The van der Waals surface area contributed by atoms with E-state index < -0.39 is 55.2 Å². The maximum absolute atomic E-state index is 12.7. The molecule has 0 atom stereocenters. The lowest BCUT2D eigenvalue weighted by molar-refractivity contribution is -0.388. The predicted octanol–water partition coefficient (Wildman–Crippen LogP) is 0.928. The number of sulfone groups is 1. The number of alkyl halides is 3. The topological polar surface area (TPSA) is 132 Å². The number of nitrogens with one attached hydrogen (secondary N) is 1. The number of anilines is 1. The molecule has 22 heavy (non-hydrogen) atoms. The summed E-state index contributed by atoms with van der Waals surface area (Å²) < 4.78 is 59.9. The first-order valence-corrected chi connectivity index (χ1v) is 7.50. The Labute approximate surface area is 122 Å². The monoisotopic (exact) mass is 341 g/mol. The van der Waals surface area contributed by atoms with E-state index in [2.05, 4.69) is 0 Å². The number of nitrogens with zero attached hydrogens (tertiary/aromatic N) is 1. The van der Waals surface area contributed by atoms with Crippen LogP contribution in [0.4, 0.5) is 24.5 Å². The fourth-order valence-electron chi connectivity index (χ4n) is 1.47. The average molecular weight is 341 g/mol. The smallest absolute Gasteiger partial charge is 0.398 e. The molecule has 8 nitrogen and oxygen atoms in total. The van der Waals surface area contributed by atoms with Crippen LogP contribution in [0.15, 0.2) is 12.1 Å². The molecule has 0 aromatic heterocycles. The third-order valence-electron chi connectivity index (χ3n) is 2.41. The van der Waals surface area contributed by atoms with Crippen LogP contribution in [-0.2, 0) is 16.0 Å². The van der Waals surface area contributed by atoms with Crippen molar-refractivity contribution in [1.29, 1.82) is 0 Å². The van der Waals surface area contributed by atoms with Gasteiger partial charge in [-0.2, -0.15) is 13.2 Å². The number of nitro groups is 1. The minimum absolute atomic E-state index is 0.257. The molecule has 0 saturated carbocycles. The van der Waals surface area contributed by atoms with Crippen LogP contribution < -0.4 is 11.1 Å². The van der Waals surface area contributed by atoms with E-state index in [1.165, 1.54) is 0 Å². The zero-order chi connectivity index (χ0) is 17.3. The summed E-state index contributed by atoms with van der Waals surface area (Å²) in [5.41, 5.74) is 1.05. The SMILES string of the molecule is CS(=O)(=O)CNC(=O)c1cc([N+](=O)[O-])c(C(F)(F)F)cc1N. The fourth-order valence-corrected chi connectivity index (χ4v) is 1.86. The summed E-state index contributed by atoms with van der Waals surface area (Å²) in [6.07, 6.45) is -4.22. The number of benzene rings is 1. The summed E-state index contributed by atoms with van der Waals surface area (Å²) in [4.78, 5) is 21.1. The van der Waals surface area contributed by atoms with E-state index in [0.29, 0.717) is 6.07 Å². The van der Waals surface area contributed by atoms with Crippen molar-refractivity contribution in [3.8, 4) is 0 Å². The van der Waals surface area contributed by atoms with E-state index in [9.17, 15) is 36.5 Å². The predicted molar refractivity (Wildman–Crippen MR) is 69.7 cm³/mol. The van der Waals surface area contributed by atoms with Crippen LogP contribution in [0.25, 0.3) is 0 Å². The van der Waals surface area contributed by atoms with Gasteiger partial charge < -0.3 is 11.1 Å². The Balaban J connectivity index is 3.31. The lowest BCUT2D eigenvalue weighted by atomic mass is 10.1. The number of amides is 1. The Kier molecular flexibility index (Phi) is 4.65. The molecule has 1 aromatic carbocycles. The van der Waals surface area contributed by atoms with Gasteiger partial charge in [-0.15, -0.1) is 0 Å². The Hall–Kier alpha value is -2.37. The van der Waals surface area contributed by atoms with Crippen LogP contribution in [0.5, 0.6) is 0 Å². The molecule has 0 radical (unpaired) electrons. The minimum Gasteiger partial charge on any atom is -0.398 e. The number of carbonyl (C=O) groups excluding carboxylic acids is 1. The van der Waals surface area contributed by atoms with E-state index in [1.807, 2.05) is 5.32 Å². The summed E-state index contributed by atoms with van der Waals surface area (Å²) in [7, 11) is -3.58. The fraction of sp³-hybridized carbons (Fsp3) is 0.300. The molecular formula is C10H10F3N3O5S. The molecule has 0 fully saturated rings. The zero-order valence-electron chi connectivity index (χ0n) is 11.0. The zero-order valence-corrected chi connectivity index (χ0v) is 11.8. The van der Waals surface area contributed by atoms with Crippen LogP contribution in [0.2, 0.25) is 0 Å². The first-order chi connectivity index (χ1) is 9.83. The number of hydrogen-bond acceptors (Lipinski definition) is 6. The number of nitrogens with two attached hydrogens (primary N) is 1. The summed E-state index contributed by atoms with van der Waals surface area (Å²) in [5.74, 6) is -1.93. The summed E-state index contributed by atoms with van der Waals surface area (Å²) in [5, 5.41) is 12.6. The number of nitrogen functional groups attached to an aromatic ring is 1.